The number of carbonyl (C=O) groups excluding carboxylic acids is 2. The van der Waals surface area contributed by atoms with Crippen LogP contribution in [0.15, 0.2) is 53.9 Å². The molecule has 0 spiro atoms. The van der Waals surface area contributed by atoms with Crippen LogP contribution in [0.3, 0.4) is 0 Å². The van der Waals surface area contributed by atoms with Crippen molar-refractivity contribution in [3.63, 3.8) is 0 Å². The number of hydrogen-bond acceptors (Lipinski definition) is 4. The van der Waals surface area contributed by atoms with Crippen LogP contribution in [0.25, 0.3) is 0 Å². The van der Waals surface area contributed by atoms with Gasteiger partial charge in [-0.15, -0.1) is 11.3 Å². The van der Waals surface area contributed by atoms with Crippen molar-refractivity contribution >= 4 is 57.3 Å². The van der Waals surface area contributed by atoms with E-state index in [1.807, 2.05) is 24.3 Å². The maximum Gasteiger partial charge on any atom is 0.325 e. The second kappa shape index (κ2) is 10.2. The molecule has 0 radical (unpaired) electrons. The molecule has 3 rings (SSSR count). The highest BCUT2D eigenvalue weighted by molar-refractivity contribution is 7.14. The second-order valence-corrected chi connectivity index (χ2v) is 7.87. The molecule has 3 amide bonds. The summed E-state index contributed by atoms with van der Waals surface area (Å²) in [5.41, 5.74) is 2.27. The van der Waals surface area contributed by atoms with Gasteiger partial charge in [0.2, 0.25) is 5.91 Å². The lowest BCUT2D eigenvalue weighted by molar-refractivity contribution is -0.120. The van der Waals surface area contributed by atoms with Crippen molar-refractivity contribution < 1.29 is 9.59 Å². The average Bonchev–Trinajstić information content (AvgIpc) is 3.10. The molecule has 29 heavy (non-hydrogen) atoms. The highest BCUT2D eigenvalue weighted by Gasteiger charge is 2.10. The van der Waals surface area contributed by atoms with Crippen LogP contribution in [0.5, 0.6) is 0 Å². The fraction of sp³-hybridized carbons (Fsp3) is 0.150. The van der Waals surface area contributed by atoms with E-state index >= 15 is 0 Å². The van der Waals surface area contributed by atoms with E-state index in [4.69, 9.17) is 23.2 Å². The molecule has 0 saturated carbocycles. The first-order valence-corrected chi connectivity index (χ1v) is 10.4. The number of rotatable bonds is 7. The molecule has 0 aliphatic rings. The summed E-state index contributed by atoms with van der Waals surface area (Å²) in [6, 6.07) is 13.9. The number of anilines is 2. The Labute approximate surface area is 182 Å². The molecule has 9 heteroatoms. The molecule has 1 aromatic heterocycles. The topological polar surface area (TPSA) is 83.1 Å². The average molecular weight is 449 g/mol. The van der Waals surface area contributed by atoms with E-state index in [-0.39, 0.29) is 12.3 Å². The summed E-state index contributed by atoms with van der Waals surface area (Å²) < 4.78 is 0. The van der Waals surface area contributed by atoms with Gasteiger partial charge in [-0.2, -0.15) is 0 Å². The van der Waals surface area contributed by atoms with Crippen LogP contribution in [0, 0.1) is 0 Å². The zero-order valence-corrected chi connectivity index (χ0v) is 17.6. The van der Waals surface area contributed by atoms with E-state index in [9.17, 15) is 9.59 Å². The van der Waals surface area contributed by atoms with Crippen LogP contribution >= 0.6 is 34.5 Å². The highest BCUT2D eigenvalue weighted by Crippen LogP contribution is 2.18. The van der Waals surface area contributed by atoms with Gasteiger partial charge in [0, 0.05) is 27.7 Å². The predicted octanol–water partition coefficient (Wildman–Crippen LogP) is 5.00. The maximum atomic E-state index is 12.1. The number of hydrogen-bond donors (Lipinski definition) is 3. The minimum Gasteiger partial charge on any atom is -0.355 e. The Kier molecular flexibility index (Phi) is 7.46. The predicted molar refractivity (Wildman–Crippen MR) is 118 cm³/mol. The van der Waals surface area contributed by atoms with Crippen molar-refractivity contribution in [2.75, 3.05) is 17.2 Å². The van der Waals surface area contributed by atoms with Crippen LogP contribution in [0.2, 0.25) is 10.0 Å². The summed E-state index contributed by atoms with van der Waals surface area (Å²) in [5.74, 6) is -0.126. The Morgan fingerprint density at radius 1 is 1.00 bits per heavy atom. The smallest absolute Gasteiger partial charge is 0.325 e. The van der Waals surface area contributed by atoms with Gasteiger partial charge in [0.05, 0.1) is 12.1 Å². The number of aromatic nitrogens is 1. The molecule has 0 atom stereocenters. The first kappa shape index (κ1) is 21.1. The second-order valence-electron chi connectivity index (χ2n) is 6.14. The number of carbonyl (C=O) groups is 2. The molecular formula is C20H18Cl2N4O2S. The largest absolute Gasteiger partial charge is 0.355 e. The van der Waals surface area contributed by atoms with Crippen LogP contribution in [-0.4, -0.2) is 23.5 Å². The number of urea groups is 1. The van der Waals surface area contributed by atoms with E-state index in [1.54, 1.807) is 29.6 Å². The lowest BCUT2D eigenvalue weighted by Gasteiger charge is -2.05. The van der Waals surface area contributed by atoms with Gasteiger partial charge in [0.15, 0.2) is 5.13 Å². The SMILES string of the molecule is O=C(Cc1csc(NC(=O)Nc2cccc(Cl)c2)n1)NCCc1ccc(Cl)cc1. The third-order valence-electron chi connectivity index (χ3n) is 3.85. The summed E-state index contributed by atoms with van der Waals surface area (Å²) in [7, 11) is 0. The van der Waals surface area contributed by atoms with Crippen molar-refractivity contribution in [1.82, 2.24) is 10.3 Å². The normalized spacial score (nSPS) is 10.4. The molecule has 150 valence electrons. The van der Waals surface area contributed by atoms with Gasteiger partial charge in [-0.25, -0.2) is 9.78 Å². The van der Waals surface area contributed by atoms with Crippen LogP contribution < -0.4 is 16.0 Å². The Balaban J connectivity index is 1.42. The first-order valence-electron chi connectivity index (χ1n) is 8.77. The molecular weight excluding hydrogens is 431 g/mol. The minimum atomic E-state index is -0.430. The van der Waals surface area contributed by atoms with Gasteiger partial charge in [-0.1, -0.05) is 41.4 Å². The monoisotopic (exact) mass is 448 g/mol. The van der Waals surface area contributed by atoms with E-state index < -0.39 is 6.03 Å². The van der Waals surface area contributed by atoms with Crippen LogP contribution in [0.1, 0.15) is 11.3 Å². The molecule has 3 aromatic rings. The van der Waals surface area contributed by atoms with Crippen molar-refractivity contribution in [1.29, 1.82) is 0 Å². The number of nitrogens with zero attached hydrogens (tertiary/aromatic N) is 1. The molecule has 0 saturated heterocycles. The summed E-state index contributed by atoms with van der Waals surface area (Å²) in [5, 5.41) is 11.6. The molecule has 2 aromatic carbocycles. The van der Waals surface area contributed by atoms with Crippen molar-refractivity contribution in [3.05, 3.63) is 75.2 Å². The minimum absolute atomic E-state index is 0.126. The zero-order valence-electron chi connectivity index (χ0n) is 15.2. The molecule has 0 fully saturated rings. The summed E-state index contributed by atoms with van der Waals surface area (Å²) in [4.78, 5) is 28.4. The van der Waals surface area contributed by atoms with E-state index in [2.05, 4.69) is 20.9 Å². The Hall–Kier alpha value is -2.61. The number of halogens is 2. The number of amides is 3. The van der Waals surface area contributed by atoms with Crippen molar-refractivity contribution in [3.8, 4) is 0 Å². The molecule has 0 aliphatic carbocycles. The molecule has 6 nitrogen and oxygen atoms in total. The van der Waals surface area contributed by atoms with E-state index in [1.165, 1.54) is 11.3 Å². The van der Waals surface area contributed by atoms with Gasteiger partial charge in [-0.3, -0.25) is 10.1 Å². The maximum absolute atomic E-state index is 12.1. The van der Waals surface area contributed by atoms with E-state index in [0.29, 0.717) is 33.1 Å². The fourth-order valence-corrected chi connectivity index (χ4v) is 3.52. The lowest BCUT2D eigenvalue weighted by atomic mass is 10.1. The third kappa shape index (κ3) is 7.05. The number of nitrogens with one attached hydrogen (secondary N) is 3. The summed E-state index contributed by atoms with van der Waals surface area (Å²) in [6.45, 7) is 0.526. The Morgan fingerprint density at radius 3 is 2.55 bits per heavy atom. The molecule has 3 N–H and O–H groups in total. The molecule has 0 aliphatic heterocycles. The molecule has 0 bridgehead atoms. The van der Waals surface area contributed by atoms with Crippen LogP contribution in [0.4, 0.5) is 15.6 Å². The standard InChI is InChI=1S/C20H18Cl2N4O2S/c21-14-6-4-13(5-7-14)8-9-23-18(27)11-17-12-29-20(25-17)26-19(28)24-16-3-1-2-15(22)10-16/h1-7,10,12H,8-9,11H2,(H,23,27)(H2,24,25,26,28). The van der Waals surface area contributed by atoms with Gasteiger partial charge >= 0.3 is 6.03 Å². The van der Waals surface area contributed by atoms with E-state index in [0.717, 1.165) is 12.0 Å². The van der Waals surface area contributed by atoms with Crippen LogP contribution in [-0.2, 0) is 17.6 Å². The van der Waals surface area contributed by atoms with Gasteiger partial charge in [0.1, 0.15) is 0 Å². The zero-order chi connectivity index (χ0) is 20.6. The molecule has 1 heterocycles. The first-order chi connectivity index (χ1) is 14.0. The quantitative estimate of drug-likeness (QED) is 0.475. The van der Waals surface area contributed by atoms with Crippen molar-refractivity contribution in [2.24, 2.45) is 0 Å². The Morgan fingerprint density at radius 2 is 1.79 bits per heavy atom. The lowest BCUT2D eigenvalue weighted by Crippen LogP contribution is -2.27. The fourth-order valence-electron chi connectivity index (χ4n) is 2.50. The summed E-state index contributed by atoms with van der Waals surface area (Å²) in [6.07, 6.45) is 0.866. The number of thiazole rings is 1. The number of benzene rings is 2. The van der Waals surface area contributed by atoms with Gasteiger partial charge in [-0.05, 0) is 42.3 Å². The Bertz CT molecular complexity index is 992. The van der Waals surface area contributed by atoms with Crippen molar-refractivity contribution in [2.45, 2.75) is 12.8 Å². The third-order valence-corrected chi connectivity index (χ3v) is 5.14. The highest BCUT2D eigenvalue weighted by atomic mass is 35.5. The van der Waals surface area contributed by atoms with Gasteiger partial charge in [0.25, 0.3) is 0 Å². The van der Waals surface area contributed by atoms with Gasteiger partial charge < -0.3 is 10.6 Å². The molecule has 0 unspecified atom stereocenters. The summed E-state index contributed by atoms with van der Waals surface area (Å²) >= 11 is 13.0.